The molecule has 27 heavy (non-hydrogen) atoms. The zero-order valence-electron chi connectivity index (χ0n) is 14.1. The van der Waals surface area contributed by atoms with E-state index in [1.165, 1.54) is 6.92 Å². The van der Waals surface area contributed by atoms with Crippen LogP contribution in [0.15, 0.2) is 6.07 Å². The number of carbonyl (C=O) groups excluding carboxylic acids is 2. The van der Waals surface area contributed by atoms with E-state index >= 15 is 0 Å². The molecule has 8 nitrogen and oxygen atoms in total. The van der Waals surface area contributed by atoms with Gasteiger partial charge in [-0.25, -0.2) is 18.0 Å². The first-order valence-electron chi connectivity index (χ1n) is 7.56. The normalized spacial score (nSPS) is 10.6. The number of hydrogen-bond acceptors (Lipinski definition) is 6. The van der Waals surface area contributed by atoms with E-state index in [2.05, 4.69) is 15.0 Å². The lowest BCUT2D eigenvalue weighted by molar-refractivity contribution is 0.0996. The first-order chi connectivity index (χ1) is 12.8. The smallest absolute Gasteiger partial charge is 0.319 e. The second-order valence-corrected chi connectivity index (χ2v) is 6.07. The molecule has 0 atom stereocenters. The first kappa shape index (κ1) is 20.5. The van der Waals surface area contributed by atoms with Crippen molar-refractivity contribution in [2.24, 2.45) is 11.5 Å². The number of carbonyl (C=O) groups is 2. The Balaban J connectivity index is 2.22. The lowest BCUT2D eigenvalue weighted by Crippen LogP contribution is -2.33. The molecule has 2 aromatic rings. The number of anilines is 1. The lowest BCUT2D eigenvalue weighted by atomic mass is 10.1. The summed E-state index contributed by atoms with van der Waals surface area (Å²) in [4.78, 5) is 23.3. The van der Waals surface area contributed by atoms with E-state index in [4.69, 9.17) is 16.2 Å². The lowest BCUT2D eigenvalue weighted by Gasteiger charge is -2.10. The fraction of sp³-hybridized carbons (Fsp3) is 0.267. The second-order valence-electron chi connectivity index (χ2n) is 5.30. The Morgan fingerprint density at radius 3 is 2.63 bits per heavy atom. The summed E-state index contributed by atoms with van der Waals surface area (Å²) in [5, 5.41) is 4.73. The maximum absolute atomic E-state index is 13.9. The Hall–Kier alpha value is -2.86. The van der Waals surface area contributed by atoms with Gasteiger partial charge in [0, 0.05) is 13.1 Å². The third-order valence-electron chi connectivity index (χ3n) is 3.35. The number of ether oxygens (including phenoxy) is 1. The van der Waals surface area contributed by atoms with Crippen molar-refractivity contribution in [2.75, 3.05) is 18.4 Å². The van der Waals surface area contributed by atoms with Gasteiger partial charge in [-0.1, -0.05) is 0 Å². The standard InChI is InChI=1S/C15H16F3N5O3S/c1-6-4-8(16)7(11(18)10(6)17)5-26-13-9(12(20)24)14(27-23-13)22-15(25)21-3-2-19/h4H,2-3,5,19H2,1H3,(H2,20,24)(H2,21,22,25). The van der Waals surface area contributed by atoms with Crippen LogP contribution in [0.3, 0.4) is 0 Å². The van der Waals surface area contributed by atoms with Crippen LogP contribution >= 0.6 is 11.5 Å². The number of aryl methyl sites for hydroxylation is 1. The predicted octanol–water partition coefficient (Wildman–Crippen LogP) is 1.63. The number of nitrogens with one attached hydrogen (secondary N) is 2. The number of hydrogen-bond donors (Lipinski definition) is 4. The van der Waals surface area contributed by atoms with Crippen LogP contribution in [0.5, 0.6) is 5.88 Å². The van der Waals surface area contributed by atoms with Crippen molar-refractivity contribution < 1.29 is 27.5 Å². The van der Waals surface area contributed by atoms with Gasteiger partial charge in [0.05, 0.1) is 5.56 Å². The summed E-state index contributed by atoms with van der Waals surface area (Å²) in [5.74, 6) is -4.95. The highest BCUT2D eigenvalue weighted by atomic mass is 32.1. The van der Waals surface area contributed by atoms with Crippen LogP contribution in [0.2, 0.25) is 0 Å². The van der Waals surface area contributed by atoms with E-state index in [1.54, 1.807) is 0 Å². The van der Waals surface area contributed by atoms with E-state index in [1.807, 2.05) is 0 Å². The fourth-order valence-electron chi connectivity index (χ4n) is 2.03. The molecule has 0 saturated heterocycles. The molecule has 1 aromatic heterocycles. The molecule has 3 amide bonds. The molecule has 0 bridgehead atoms. The summed E-state index contributed by atoms with van der Waals surface area (Å²) in [6.07, 6.45) is 0. The Morgan fingerprint density at radius 2 is 2.00 bits per heavy atom. The molecule has 146 valence electrons. The summed E-state index contributed by atoms with van der Waals surface area (Å²) < 4.78 is 50.3. The molecule has 2 rings (SSSR count). The third kappa shape index (κ3) is 4.65. The summed E-state index contributed by atoms with van der Waals surface area (Å²) >= 11 is 0.675. The zero-order chi connectivity index (χ0) is 20.1. The van der Waals surface area contributed by atoms with Crippen LogP contribution in [0, 0.1) is 24.4 Å². The molecule has 1 heterocycles. The minimum Gasteiger partial charge on any atom is -0.471 e. The summed E-state index contributed by atoms with van der Waals surface area (Å²) in [5.41, 5.74) is 9.36. The molecule has 6 N–H and O–H groups in total. The van der Waals surface area contributed by atoms with Gasteiger partial charge in [-0.05, 0) is 30.1 Å². The average Bonchev–Trinajstić information content (AvgIpc) is 3.00. The highest BCUT2D eigenvalue weighted by Gasteiger charge is 2.23. The van der Waals surface area contributed by atoms with Gasteiger partial charge >= 0.3 is 6.03 Å². The minimum absolute atomic E-state index is 0.0250. The number of rotatable bonds is 7. The maximum atomic E-state index is 13.9. The molecule has 0 aliphatic carbocycles. The van der Waals surface area contributed by atoms with E-state index in [9.17, 15) is 22.8 Å². The monoisotopic (exact) mass is 403 g/mol. The van der Waals surface area contributed by atoms with Crippen LogP contribution in [-0.4, -0.2) is 29.4 Å². The van der Waals surface area contributed by atoms with Gasteiger partial charge in [0.15, 0.2) is 11.6 Å². The van der Waals surface area contributed by atoms with Gasteiger partial charge in [0.1, 0.15) is 23.0 Å². The van der Waals surface area contributed by atoms with E-state index in [0.717, 1.165) is 6.07 Å². The fourth-order valence-corrected chi connectivity index (χ4v) is 2.77. The number of amides is 3. The van der Waals surface area contributed by atoms with Crippen molar-refractivity contribution in [1.29, 1.82) is 0 Å². The number of benzene rings is 1. The van der Waals surface area contributed by atoms with E-state index in [0.29, 0.717) is 11.5 Å². The maximum Gasteiger partial charge on any atom is 0.319 e. The molecular formula is C15H16F3N5O3S. The van der Waals surface area contributed by atoms with Gasteiger partial charge in [-0.2, -0.15) is 4.37 Å². The quantitative estimate of drug-likeness (QED) is 0.522. The van der Waals surface area contributed by atoms with Gasteiger partial charge in [0.2, 0.25) is 5.88 Å². The molecule has 0 fully saturated rings. The number of primary amides is 1. The summed E-state index contributed by atoms with van der Waals surface area (Å²) in [6.45, 7) is 0.873. The van der Waals surface area contributed by atoms with Gasteiger partial charge < -0.3 is 21.5 Å². The summed E-state index contributed by atoms with van der Waals surface area (Å²) in [6, 6.07) is 0.165. The molecule has 0 aliphatic heterocycles. The number of nitrogens with two attached hydrogens (primary N) is 2. The highest BCUT2D eigenvalue weighted by molar-refractivity contribution is 7.11. The van der Waals surface area contributed by atoms with E-state index in [-0.39, 0.29) is 35.1 Å². The average molecular weight is 403 g/mol. The molecule has 0 radical (unpaired) electrons. The van der Waals surface area contributed by atoms with Crippen molar-refractivity contribution in [3.05, 3.63) is 40.2 Å². The SMILES string of the molecule is Cc1cc(F)c(COc2nsc(NC(=O)NCCN)c2C(N)=O)c(F)c1F. The van der Waals surface area contributed by atoms with Gasteiger partial charge in [0.25, 0.3) is 5.91 Å². The predicted molar refractivity (Wildman–Crippen MR) is 92.1 cm³/mol. The molecule has 0 aliphatic rings. The molecule has 12 heteroatoms. The number of halogens is 3. The molecule has 0 spiro atoms. The van der Waals surface area contributed by atoms with Crippen LogP contribution in [-0.2, 0) is 6.61 Å². The Kier molecular flexibility index (Phi) is 6.58. The van der Waals surface area contributed by atoms with Crippen molar-refractivity contribution in [1.82, 2.24) is 9.69 Å². The Morgan fingerprint density at radius 1 is 1.30 bits per heavy atom. The number of nitrogens with zero attached hydrogens (tertiary/aromatic N) is 1. The van der Waals surface area contributed by atoms with Crippen molar-refractivity contribution in [3.8, 4) is 5.88 Å². The van der Waals surface area contributed by atoms with Gasteiger partial charge in [-0.3, -0.25) is 10.1 Å². The topological polar surface area (TPSA) is 132 Å². The van der Waals surface area contributed by atoms with Crippen molar-refractivity contribution in [2.45, 2.75) is 13.5 Å². The van der Waals surface area contributed by atoms with Crippen molar-refractivity contribution >= 4 is 28.5 Å². The van der Waals surface area contributed by atoms with Crippen molar-refractivity contribution in [3.63, 3.8) is 0 Å². The largest absolute Gasteiger partial charge is 0.471 e. The second kappa shape index (κ2) is 8.68. The zero-order valence-corrected chi connectivity index (χ0v) is 14.9. The van der Waals surface area contributed by atoms with Crippen LogP contribution in [0.1, 0.15) is 21.5 Å². The molecule has 0 unspecified atom stereocenters. The molecular weight excluding hydrogens is 387 g/mol. The number of urea groups is 1. The summed E-state index contributed by atoms with van der Waals surface area (Å²) in [7, 11) is 0. The Bertz CT molecular complexity index is 875. The van der Waals surface area contributed by atoms with Crippen LogP contribution in [0.25, 0.3) is 0 Å². The van der Waals surface area contributed by atoms with Crippen LogP contribution < -0.4 is 26.8 Å². The Labute approximate surface area is 155 Å². The van der Waals surface area contributed by atoms with Gasteiger partial charge in [-0.15, -0.1) is 0 Å². The first-order valence-corrected chi connectivity index (χ1v) is 8.33. The van der Waals surface area contributed by atoms with Crippen LogP contribution in [0.4, 0.5) is 23.0 Å². The number of aromatic nitrogens is 1. The third-order valence-corrected chi connectivity index (χ3v) is 4.10. The molecule has 0 saturated carbocycles. The highest BCUT2D eigenvalue weighted by Crippen LogP contribution is 2.31. The minimum atomic E-state index is -1.40. The molecule has 1 aromatic carbocycles. The van der Waals surface area contributed by atoms with E-state index < -0.39 is 41.6 Å².